The van der Waals surface area contributed by atoms with Gasteiger partial charge in [0, 0.05) is 0 Å². The Labute approximate surface area is 159 Å². The first-order valence-corrected chi connectivity index (χ1v) is 8.38. The number of imide groups is 1. The molecule has 0 spiro atoms. The molecule has 0 aromatic heterocycles. The molecule has 1 unspecified atom stereocenters. The fraction of sp³-hybridized carbons (Fsp3) is 0.158. The zero-order valence-corrected chi connectivity index (χ0v) is 15.2. The average Bonchev–Trinajstić information content (AvgIpc) is 2.93. The van der Waals surface area contributed by atoms with Crippen LogP contribution in [0.1, 0.15) is 38.0 Å². The van der Waals surface area contributed by atoms with Crippen molar-refractivity contribution < 1.29 is 23.9 Å². The summed E-state index contributed by atoms with van der Waals surface area (Å²) in [5.74, 6) is -2.27. The molecule has 3 rings (SSSR count). The monoisotopic (exact) mass is 386 g/mol. The minimum absolute atomic E-state index is 0.174. The van der Waals surface area contributed by atoms with Gasteiger partial charge in [-0.3, -0.25) is 19.3 Å². The highest BCUT2D eigenvalue weighted by atomic mass is 35.5. The summed E-state index contributed by atoms with van der Waals surface area (Å²) >= 11 is 6.07. The molecule has 0 aliphatic carbocycles. The largest absolute Gasteiger partial charge is 0.465 e. The molecule has 2 aromatic rings. The van der Waals surface area contributed by atoms with Crippen LogP contribution in [0.2, 0.25) is 5.02 Å². The third kappa shape index (κ3) is 3.29. The number of nitrogens with zero attached hydrogens (tertiary/aromatic N) is 1. The van der Waals surface area contributed by atoms with Crippen molar-refractivity contribution in [3.8, 4) is 0 Å². The molecule has 0 radical (unpaired) electrons. The minimum Gasteiger partial charge on any atom is -0.465 e. The maximum Gasteiger partial charge on any atom is 0.337 e. The van der Waals surface area contributed by atoms with Gasteiger partial charge in [-0.2, -0.15) is 0 Å². The fourth-order valence-corrected chi connectivity index (χ4v) is 2.94. The number of amides is 3. The highest BCUT2D eigenvalue weighted by molar-refractivity contribution is 6.34. The molecule has 1 atom stereocenters. The lowest BCUT2D eigenvalue weighted by atomic mass is 10.1. The Morgan fingerprint density at radius 1 is 1.07 bits per heavy atom. The van der Waals surface area contributed by atoms with Gasteiger partial charge in [-0.1, -0.05) is 23.7 Å². The number of nitrogens with one attached hydrogen (secondary N) is 1. The number of carbonyl (C=O) groups excluding carboxylic acids is 4. The van der Waals surface area contributed by atoms with Gasteiger partial charge < -0.3 is 10.1 Å². The molecule has 1 aliphatic rings. The average molecular weight is 387 g/mol. The topological polar surface area (TPSA) is 92.8 Å². The van der Waals surface area contributed by atoms with Gasteiger partial charge in [-0.15, -0.1) is 0 Å². The van der Waals surface area contributed by atoms with E-state index >= 15 is 0 Å². The molecule has 7 nitrogen and oxygen atoms in total. The summed E-state index contributed by atoms with van der Waals surface area (Å²) in [4.78, 5) is 50.1. The first-order valence-electron chi connectivity index (χ1n) is 8.00. The summed E-state index contributed by atoms with van der Waals surface area (Å²) in [6, 6.07) is 9.56. The van der Waals surface area contributed by atoms with Crippen LogP contribution in [0.25, 0.3) is 0 Å². The van der Waals surface area contributed by atoms with Crippen LogP contribution in [0.3, 0.4) is 0 Å². The molecule has 138 valence electrons. The van der Waals surface area contributed by atoms with E-state index in [0.717, 1.165) is 4.90 Å². The van der Waals surface area contributed by atoms with Crippen molar-refractivity contribution >= 4 is 41.0 Å². The number of carbonyl (C=O) groups is 4. The van der Waals surface area contributed by atoms with E-state index < -0.39 is 29.7 Å². The van der Waals surface area contributed by atoms with Crippen molar-refractivity contribution in [2.75, 3.05) is 12.4 Å². The van der Waals surface area contributed by atoms with E-state index in [1.165, 1.54) is 44.4 Å². The molecule has 3 amide bonds. The Hall–Kier alpha value is -3.19. The minimum atomic E-state index is -1.07. The standard InChI is InChI=1S/C19H15ClN2O5/c1-10(22-17(24)12-5-3-4-6-13(12)18(22)25)16(23)21-15-9-11(19(26)27-2)7-8-14(15)20/h3-10H,1-2H3,(H,21,23). The van der Waals surface area contributed by atoms with Crippen LogP contribution >= 0.6 is 11.6 Å². The van der Waals surface area contributed by atoms with Crippen LogP contribution in [0.15, 0.2) is 42.5 Å². The number of hydrogen-bond acceptors (Lipinski definition) is 5. The van der Waals surface area contributed by atoms with Crippen LogP contribution in [0, 0.1) is 0 Å². The normalized spacial score (nSPS) is 14.0. The summed E-state index contributed by atoms with van der Waals surface area (Å²) in [5.41, 5.74) is 0.888. The molecule has 0 bridgehead atoms. The van der Waals surface area contributed by atoms with E-state index in [-0.39, 0.29) is 27.4 Å². The number of benzene rings is 2. The predicted molar refractivity (Wildman–Crippen MR) is 97.8 cm³/mol. The van der Waals surface area contributed by atoms with Crippen molar-refractivity contribution in [3.05, 3.63) is 64.2 Å². The number of fused-ring (bicyclic) bond motifs is 1. The van der Waals surface area contributed by atoms with E-state index in [1.54, 1.807) is 12.1 Å². The fourth-order valence-electron chi connectivity index (χ4n) is 2.78. The second-order valence-corrected chi connectivity index (χ2v) is 6.28. The van der Waals surface area contributed by atoms with E-state index in [9.17, 15) is 19.2 Å². The summed E-state index contributed by atoms with van der Waals surface area (Å²) < 4.78 is 4.64. The number of ether oxygens (including phenoxy) is 1. The Morgan fingerprint density at radius 2 is 1.67 bits per heavy atom. The lowest BCUT2D eigenvalue weighted by Gasteiger charge is -2.22. The molecule has 0 fully saturated rings. The van der Waals surface area contributed by atoms with E-state index in [4.69, 9.17) is 11.6 Å². The molecule has 1 N–H and O–H groups in total. The molecule has 8 heteroatoms. The van der Waals surface area contributed by atoms with Gasteiger partial charge in [-0.25, -0.2) is 4.79 Å². The van der Waals surface area contributed by atoms with Crippen molar-refractivity contribution in [1.82, 2.24) is 4.90 Å². The SMILES string of the molecule is COC(=O)c1ccc(Cl)c(NC(=O)C(C)N2C(=O)c3ccccc3C2=O)c1. The van der Waals surface area contributed by atoms with Gasteiger partial charge in [0.15, 0.2) is 0 Å². The van der Waals surface area contributed by atoms with Crippen molar-refractivity contribution in [2.45, 2.75) is 13.0 Å². The third-order valence-corrected chi connectivity index (χ3v) is 4.57. The molecule has 1 aliphatic heterocycles. The molecule has 1 heterocycles. The number of methoxy groups -OCH3 is 1. The zero-order valence-electron chi connectivity index (χ0n) is 14.5. The summed E-state index contributed by atoms with van der Waals surface area (Å²) in [5, 5.41) is 2.75. The number of esters is 1. The molecular weight excluding hydrogens is 372 g/mol. The van der Waals surface area contributed by atoms with Gasteiger partial charge in [0.1, 0.15) is 6.04 Å². The van der Waals surface area contributed by atoms with Gasteiger partial charge in [-0.05, 0) is 37.3 Å². The molecule has 27 heavy (non-hydrogen) atoms. The van der Waals surface area contributed by atoms with Crippen LogP contribution in [-0.2, 0) is 9.53 Å². The smallest absolute Gasteiger partial charge is 0.337 e. The summed E-state index contributed by atoms with van der Waals surface area (Å²) in [6.45, 7) is 1.44. The molecular formula is C19H15ClN2O5. The van der Waals surface area contributed by atoms with Gasteiger partial charge >= 0.3 is 5.97 Å². The lowest BCUT2D eigenvalue weighted by Crippen LogP contribution is -2.45. The van der Waals surface area contributed by atoms with Crippen LogP contribution in [0.5, 0.6) is 0 Å². The quantitative estimate of drug-likeness (QED) is 0.644. The van der Waals surface area contributed by atoms with Crippen molar-refractivity contribution in [2.24, 2.45) is 0 Å². The molecule has 0 saturated heterocycles. The molecule has 2 aromatic carbocycles. The van der Waals surface area contributed by atoms with Crippen LogP contribution < -0.4 is 5.32 Å². The maximum atomic E-state index is 12.6. The lowest BCUT2D eigenvalue weighted by molar-refractivity contribution is -0.119. The second-order valence-electron chi connectivity index (χ2n) is 5.88. The predicted octanol–water partition coefficient (Wildman–Crippen LogP) is 2.75. The van der Waals surface area contributed by atoms with E-state index in [1.807, 2.05) is 0 Å². The first kappa shape index (κ1) is 18.6. The zero-order chi connectivity index (χ0) is 19.7. The third-order valence-electron chi connectivity index (χ3n) is 4.24. The first-order chi connectivity index (χ1) is 12.8. The van der Waals surface area contributed by atoms with Gasteiger partial charge in [0.05, 0.1) is 34.5 Å². The highest BCUT2D eigenvalue weighted by Crippen LogP contribution is 2.27. The Balaban J connectivity index is 1.83. The Morgan fingerprint density at radius 3 is 2.22 bits per heavy atom. The number of rotatable bonds is 4. The van der Waals surface area contributed by atoms with Crippen LogP contribution in [0.4, 0.5) is 5.69 Å². The number of hydrogen-bond donors (Lipinski definition) is 1. The van der Waals surface area contributed by atoms with Gasteiger partial charge in [0.2, 0.25) is 5.91 Å². The van der Waals surface area contributed by atoms with E-state index in [0.29, 0.717) is 0 Å². The van der Waals surface area contributed by atoms with E-state index in [2.05, 4.69) is 10.1 Å². The summed E-state index contributed by atoms with van der Waals surface area (Å²) in [6.07, 6.45) is 0. The van der Waals surface area contributed by atoms with Crippen LogP contribution in [-0.4, -0.2) is 41.7 Å². The highest BCUT2D eigenvalue weighted by Gasteiger charge is 2.40. The number of halogens is 1. The van der Waals surface area contributed by atoms with Crippen molar-refractivity contribution in [1.29, 1.82) is 0 Å². The van der Waals surface area contributed by atoms with Gasteiger partial charge in [0.25, 0.3) is 11.8 Å². The Kier molecular flexibility index (Phi) is 4.96. The molecule has 0 saturated carbocycles. The maximum absolute atomic E-state index is 12.6. The Bertz CT molecular complexity index is 937. The number of anilines is 1. The summed E-state index contributed by atoms with van der Waals surface area (Å²) in [7, 11) is 1.24. The van der Waals surface area contributed by atoms with Crippen molar-refractivity contribution in [3.63, 3.8) is 0 Å². The second kappa shape index (κ2) is 7.20.